The molecule has 0 atom stereocenters. The molecule has 1 aliphatic rings. The van der Waals surface area contributed by atoms with Gasteiger partial charge >= 0.3 is 0 Å². The number of hydrogen-bond acceptors (Lipinski definition) is 5. The van der Waals surface area contributed by atoms with Gasteiger partial charge in [0, 0.05) is 6.42 Å². The second-order valence-corrected chi connectivity index (χ2v) is 6.60. The number of nitrogens with zero attached hydrogens (tertiary/aromatic N) is 1. The zero-order valence-corrected chi connectivity index (χ0v) is 15.2. The van der Waals surface area contributed by atoms with Gasteiger partial charge in [-0.2, -0.15) is 0 Å². The van der Waals surface area contributed by atoms with Crippen LogP contribution in [-0.2, 0) is 6.42 Å². The topological polar surface area (TPSA) is 53.7 Å². The van der Waals surface area contributed by atoms with E-state index in [1.807, 2.05) is 36.4 Å². The average molecular weight is 353 g/mol. The number of ether oxygens (including phenoxy) is 3. The smallest absolute Gasteiger partial charge is 0.200 e. The largest absolute Gasteiger partial charge is 0.494 e. The monoisotopic (exact) mass is 353 g/mol. The zero-order valence-electron chi connectivity index (χ0n) is 15.2. The van der Waals surface area contributed by atoms with Crippen LogP contribution in [0.25, 0.3) is 11.1 Å². The Hall–Kier alpha value is -2.69. The number of methoxy groups -OCH3 is 2. The van der Waals surface area contributed by atoms with Crippen LogP contribution >= 0.6 is 0 Å². The van der Waals surface area contributed by atoms with Crippen molar-refractivity contribution in [1.82, 2.24) is 4.98 Å². The molecule has 5 nitrogen and oxygen atoms in total. The molecule has 1 heterocycles. The van der Waals surface area contributed by atoms with Gasteiger partial charge in [-0.15, -0.1) is 0 Å². The molecule has 0 amide bonds. The molecule has 1 aliphatic carbocycles. The fourth-order valence-corrected chi connectivity index (χ4v) is 3.49. The van der Waals surface area contributed by atoms with E-state index in [0.29, 0.717) is 12.3 Å². The summed E-state index contributed by atoms with van der Waals surface area (Å²) in [7, 11) is 3.31. The second-order valence-electron chi connectivity index (χ2n) is 6.60. The number of para-hydroxylation sites is 1. The minimum Gasteiger partial charge on any atom is -0.494 e. The number of hydrogen-bond donors (Lipinski definition) is 0. The molecule has 1 saturated carbocycles. The van der Waals surface area contributed by atoms with Gasteiger partial charge < -0.3 is 18.6 Å². The van der Waals surface area contributed by atoms with Crippen molar-refractivity contribution in [2.45, 2.75) is 38.2 Å². The van der Waals surface area contributed by atoms with Crippen molar-refractivity contribution in [2.24, 2.45) is 0 Å². The van der Waals surface area contributed by atoms with Crippen molar-refractivity contribution >= 4 is 11.1 Å². The van der Waals surface area contributed by atoms with Crippen molar-refractivity contribution in [3.8, 4) is 17.2 Å². The Balaban J connectivity index is 1.59. The van der Waals surface area contributed by atoms with Crippen LogP contribution < -0.4 is 14.2 Å². The summed E-state index contributed by atoms with van der Waals surface area (Å²) in [4.78, 5) is 4.59. The normalized spacial score (nSPS) is 14.7. The predicted octanol–water partition coefficient (Wildman–Crippen LogP) is 4.76. The molecule has 0 saturated heterocycles. The first-order valence-electron chi connectivity index (χ1n) is 9.03. The number of rotatable bonds is 6. The number of fused-ring (bicyclic) bond motifs is 1. The highest BCUT2D eigenvalue weighted by molar-refractivity contribution is 5.79. The van der Waals surface area contributed by atoms with Gasteiger partial charge in [-0.1, -0.05) is 12.1 Å². The molecule has 0 N–H and O–H groups in total. The van der Waals surface area contributed by atoms with Crippen molar-refractivity contribution in [2.75, 3.05) is 14.2 Å². The third kappa shape index (κ3) is 3.34. The lowest BCUT2D eigenvalue weighted by atomic mass is 10.1. The first-order valence-corrected chi connectivity index (χ1v) is 9.03. The number of benzene rings is 2. The molecule has 26 heavy (non-hydrogen) atoms. The summed E-state index contributed by atoms with van der Waals surface area (Å²) in [6.45, 7) is 0. The molecule has 1 aromatic heterocycles. The van der Waals surface area contributed by atoms with Gasteiger partial charge in [0.2, 0.25) is 0 Å². The maximum absolute atomic E-state index is 6.18. The average Bonchev–Trinajstić information content (AvgIpc) is 3.30. The molecule has 0 spiro atoms. The minimum absolute atomic E-state index is 0.285. The Morgan fingerprint density at radius 1 is 1.00 bits per heavy atom. The molecular formula is C21H23NO4. The molecule has 0 unspecified atom stereocenters. The highest BCUT2D eigenvalue weighted by Crippen LogP contribution is 2.33. The van der Waals surface area contributed by atoms with Crippen molar-refractivity contribution in [3.63, 3.8) is 0 Å². The minimum atomic E-state index is 0.285. The first-order chi connectivity index (χ1) is 12.8. The third-order valence-corrected chi connectivity index (χ3v) is 4.83. The summed E-state index contributed by atoms with van der Waals surface area (Å²) < 4.78 is 22.9. The Bertz CT molecular complexity index is 896. The Kier molecular flexibility index (Phi) is 4.69. The summed E-state index contributed by atoms with van der Waals surface area (Å²) in [6.07, 6.45) is 5.56. The predicted molar refractivity (Wildman–Crippen MR) is 99.2 cm³/mol. The zero-order chi connectivity index (χ0) is 17.9. The highest BCUT2D eigenvalue weighted by atomic mass is 16.5. The van der Waals surface area contributed by atoms with Gasteiger partial charge in [0.05, 0.1) is 20.3 Å². The van der Waals surface area contributed by atoms with Crippen LogP contribution in [0.3, 0.4) is 0 Å². The van der Waals surface area contributed by atoms with E-state index >= 15 is 0 Å². The van der Waals surface area contributed by atoms with Gasteiger partial charge in [0.1, 0.15) is 5.75 Å². The maximum Gasteiger partial charge on any atom is 0.200 e. The lowest BCUT2D eigenvalue weighted by Gasteiger charge is -2.16. The van der Waals surface area contributed by atoms with E-state index in [2.05, 4.69) is 4.98 Å². The molecule has 5 heteroatoms. The lowest BCUT2D eigenvalue weighted by molar-refractivity contribution is 0.200. The van der Waals surface area contributed by atoms with E-state index in [-0.39, 0.29) is 6.10 Å². The SMILES string of the molecule is COc1ccc(Cc2nc3c(OC)cccc3o2)cc1OC1CCCC1. The lowest BCUT2D eigenvalue weighted by Crippen LogP contribution is -2.11. The van der Waals surface area contributed by atoms with Crippen LogP contribution in [0, 0.1) is 0 Å². The van der Waals surface area contributed by atoms with E-state index in [1.165, 1.54) is 12.8 Å². The van der Waals surface area contributed by atoms with E-state index in [1.54, 1.807) is 14.2 Å². The van der Waals surface area contributed by atoms with Gasteiger partial charge in [-0.05, 0) is 55.5 Å². The first kappa shape index (κ1) is 16.8. The van der Waals surface area contributed by atoms with Crippen molar-refractivity contribution < 1.29 is 18.6 Å². The molecular weight excluding hydrogens is 330 g/mol. The van der Waals surface area contributed by atoms with Crippen molar-refractivity contribution in [1.29, 1.82) is 0 Å². The van der Waals surface area contributed by atoms with Crippen LogP contribution in [-0.4, -0.2) is 25.3 Å². The second kappa shape index (κ2) is 7.28. The Morgan fingerprint density at radius 3 is 2.58 bits per heavy atom. The summed E-state index contributed by atoms with van der Waals surface area (Å²) in [6, 6.07) is 11.7. The molecule has 0 aliphatic heterocycles. The van der Waals surface area contributed by atoms with Crippen LogP contribution in [0.4, 0.5) is 0 Å². The molecule has 136 valence electrons. The molecule has 1 fully saturated rings. The Labute approximate surface area is 152 Å². The van der Waals surface area contributed by atoms with Gasteiger partial charge in [-0.3, -0.25) is 0 Å². The summed E-state index contributed by atoms with van der Waals surface area (Å²) in [5, 5.41) is 0. The van der Waals surface area contributed by atoms with Gasteiger partial charge in [0.15, 0.2) is 28.5 Å². The molecule has 3 aromatic rings. The molecule has 0 radical (unpaired) electrons. The maximum atomic E-state index is 6.18. The molecule has 4 rings (SSSR count). The summed E-state index contributed by atoms with van der Waals surface area (Å²) in [5.74, 6) is 2.93. The van der Waals surface area contributed by atoms with Crippen molar-refractivity contribution in [3.05, 3.63) is 47.9 Å². The van der Waals surface area contributed by atoms with E-state index in [4.69, 9.17) is 18.6 Å². The quantitative estimate of drug-likeness (QED) is 0.640. The van der Waals surface area contributed by atoms with Crippen LogP contribution in [0.2, 0.25) is 0 Å². The molecule has 0 bridgehead atoms. The number of oxazole rings is 1. The standard InChI is InChI=1S/C21H23NO4/c1-23-16-11-10-14(12-19(16)25-15-6-3-4-7-15)13-20-22-21-17(24-2)8-5-9-18(21)26-20/h5,8-12,15H,3-4,6-7,13H2,1-2H3. The van der Waals surface area contributed by atoms with Gasteiger partial charge in [-0.25, -0.2) is 4.98 Å². The fourth-order valence-electron chi connectivity index (χ4n) is 3.49. The third-order valence-electron chi connectivity index (χ3n) is 4.83. The van der Waals surface area contributed by atoms with E-state index in [9.17, 15) is 0 Å². The van der Waals surface area contributed by atoms with Crippen LogP contribution in [0.5, 0.6) is 17.2 Å². The summed E-state index contributed by atoms with van der Waals surface area (Å²) >= 11 is 0. The summed E-state index contributed by atoms with van der Waals surface area (Å²) in [5.41, 5.74) is 2.56. The van der Waals surface area contributed by atoms with Crippen LogP contribution in [0.1, 0.15) is 37.1 Å². The Morgan fingerprint density at radius 2 is 1.81 bits per heavy atom. The highest BCUT2D eigenvalue weighted by Gasteiger charge is 2.19. The van der Waals surface area contributed by atoms with Gasteiger partial charge in [0.25, 0.3) is 0 Å². The fraction of sp³-hybridized carbons (Fsp3) is 0.381. The van der Waals surface area contributed by atoms with Crippen LogP contribution in [0.15, 0.2) is 40.8 Å². The van der Waals surface area contributed by atoms with E-state index in [0.717, 1.165) is 46.8 Å². The van der Waals surface area contributed by atoms with E-state index < -0.39 is 0 Å². The number of aromatic nitrogens is 1. The molecule has 2 aromatic carbocycles.